The molecule has 0 aliphatic carbocycles. The van der Waals surface area contributed by atoms with E-state index in [1.165, 1.54) is 5.56 Å². The Kier molecular flexibility index (Phi) is 11.3. The molecule has 3 N–H and O–H groups in total. The molecule has 1 aromatic carbocycles. The Bertz CT molecular complexity index is 731. The Morgan fingerprint density at radius 2 is 1.90 bits per heavy atom. The van der Waals surface area contributed by atoms with Gasteiger partial charge in [-0.2, -0.15) is 0 Å². The van der Waals surface area contributed by atoms with Crippen LogP contribution in [0.15, 0.2) is 51.9 Å². The second kappa shape index (κ2) is 12.9. The molecule has 0 aliphatic heterocycles. The zero-order valence-electron chi connectivity index (χ0n) is 17.9. The second-order valence-electron chi connectivity index (χ2n) is 7.38. The van der Waals surface area contributed by atoms with Crippen LogP contribution in [-0.4, -0.2) is 49.2 Å². The highest BCUT2D eigenvalue weighted by Crippen LogP contribution is 2.23. The van der Waals surface area contributed by atoms with Crippen LogP contribution < -0.4 is 10.6 Å². The Hall–Kier alpha value is -1.58. The van der Waals surface area contributed by atoms with Crippen molar-refractivity contribution in [3.05, 3.63) is 59.5 Å². The first-order valence-electron chi connectivity index (χ1n) is 9.94. The minimum Gasteiger partial charge on any atom is -0.463 e. The summed E-state index contributed by atoms with van der Waals surface area (Å²) in [6.07, 6.45) is 1.00. The molecule has 0 aliphatic rings. The van der Waals surface area contributed by atoms with Crippen LogP contribution >= 0.6 is 24.0 Å². The molecule has 2 aromatic rings. The number of aliphatic imine (C=N–C) groups is 1. The minimum atomic E-state index is -1.13. The van der Waals surface area contributed by atoms with Gasteiger partial charge in [0.05, 0.1) is 6.54 Å². The Morgan fingerprint density at radius 1 is 1.17 bits per heavy atom. The van der Waals surface area contributed by atoms with Crippen molar-refractivity contribution in [2.45, 2.75) is 39.3 Å². The highest BCUT2D eigenvalue weighted by atomic mass is 127. The van der Waals surface area contributed by atoms with Crippen LogP contribution in [0.5, 0.6) is 0 Å². The van der Waals surface area contributed by atoms with Crippen molar-refractivity contribution in [2.24, 2.45) is 4.99 Å². The smallest absolute Gasteiger partial charge is 0.191 e. The second-order valence-corrected chi connectivity index (χ2v) is 7.38. The molecule has 6 nitrogen and oxygen atoms in total. The van der Waals surface area contributed by atoms with E-state index in [2.05, 4.69) is 51.8 Å². The Labute approximate surface area is 191 Å². The number of furan rings is 1. The molecule has 0 amide bonds. The molecular weight excluding hydrogens is 479 g/mol. The monoisotopic (exact) mass is 514 g/mol. The van der Waals surface area contributed by atoms with Crippen LogP contribution in [0.1, 0.15) is 37.4 Å². The van der Waals surface area contributed by atoms with Gasteiger partial charge < -0.3 is 25.1 Å². The fourth-order valence-corrected chi connectivity index (χ4v) is 2.91. The Morgan fingerprint density at radius 3 is 2.52 bits per heavy atom. The molecule has 0 radical (unpaired) electrons. The average Bonchev–Trinajstić information content (AvgIpc) is 3.11. The van der Waals surface area contributed by atoms with Gasteiger partial charge in [-0.05, 0) is 58.5 Å². The van der Waals surface area contributed by atoms with Gasteiger partial charge in [0, 0.05) is 19.6 Å². The SMILES string of the molecule is CCNC(=NCC(C)(O)c1ccc(C)o1)NCCCN(C)Cc1ccccc1.I. The molecule has 0 spiro atoms. The fourth-order valence-electron chi connectivity index (χ4n) is 2.91. The van der Waals surface area contributed by atoms with Crippen molar-refractivity contribution >= 4 is 29.9 Å². The summed E-state index contributed by atoms with van der Waals surface area (Å²) in [5.74, 6) is 2.02. The first-order chi connectivity index (χ1) is 13.4. The number of aliphatic hydroxyl groups is 1. The molecule has 0 saturated heterocycles. The molecular formula is C22H35IN4O2. The highest BCUT2D eigenvalue weighted by molar-refractivity contribution is 14.0. The topological polar surface area (TPSA) is 73.0 Å². The van der Waals surface area contributed by atoms with Crippen molar-refractivity contribution in [1.29, 1.82) is 0 Å². The van der Waals surface area contributed by atoms with Crippen molar-refractivity contribution in [2.75, 3.05) is 33.2 Å². The number of hydrogen-bond acceptors (Lipinski definition) is 4. The van der Waals surface area contributed by atoms with Gasteiger partial charge in [-0.3, -0.25) is 0 Å². The van der Waals surface area contributed by atoms with E-state index in [1.54, 1.807) is 13.0 Å². The van der Waals surface area contributed by atoms with Gasteiger partial charge in [-0.15, -0.1) is 24.0 Å². The molecule has 1 atom stereocenters. The molecule has 7 heteroatoms. The predicted molar refractivity (Wildman–Crippen MR) is 130 cm³/mol. The number of guanidine groups is 1. The van der Waals surface area contributed by atoms with Crippen molar-refractivity contribution in [1.82, 2.24) is 15.5 Å². The van der Waals surface area contributed by atoms with Gasteiger partial charge in [0.15, 0.2) is 5.96 Å². The van der Waals surface area contributed by atoms with Gasteiger partial charge in [-0.1, -0.05) is 30.3 Å². The van der Waals surface area contributed by atoms with E-state index in [9.17, 15) is 5.11 Å². The standard InChI is InChI=1S/C22H34N4O2.HI/c1-5-23-21(25-17-22(3,27)20-13-12-18(2)28-20)24-14-9-15-26(4)16-19-10-7-6-8-11-19;/h6-8,10-13,27H,5,9,14-17H2,1-4H3,(H2,23,24,25);1H. The van der Waals surface area contributed by atoms with Gasteiger partial charge >= 0.3 is 0 Å². The van der Waals surface area contributed by atoms with Gasteiger partial charge in [0.1, 0.15) is 17.1 Å². The quantitative estimate of drug-likeness (QED) is 0.196. The van der Waals surface area contributed by atoms with Crippen LogP contribution in [0.4, 0.5) is 0 Å². The molecule has 2 rings (SSSR count). The van der Waals surface area contributed by atoms with Gasteiger partial charge in [0.25, 0.3) is 0 Å². The molecule has 0 bridgehead atoms. The summed E-state index contributed by atoms with van der Waals surface area (Å²) >= 11 is 0. The van der Waals surface area contributed by atoms with Crippen molar-refractivity contribution < 1.29 is 9.52 Å². The third kappa shape index (κ3) is 9.18. The molecule has 0 fully saturated rings. The van der Waals surface area contributed by atoms with Crippen molar-refractivity contribution in [3.63, 3.8) is 0 Å². The number of hydrogen-bond donors (Lipinski definition) is 3. The molecule has 162 valence electrons. The zero-order valence-corrected chi connectivity index (χ0v) is 20.3. The first-order valence-corrected chi connectivity index (χ1v) is 9.94. The van der Waals surface area contributed by atoms with E-state index in [-0.39, 0.29) is 30.5 Å². The summed E-state index contributed by atoms with van der Waals surface area (Å²) in [5, 5.41) is 17.2. The van der Waals surface area contributed by atoms with Crippen LogP contribution in [0, 0.1) is 6.92 Å². The summed E-state index contributed by atoms with van der Waals surface area (Å²) < 4.78 is 5.55. The largest absolute Gasteiger partial charge is 0.463 e. The number of halogens is 1. The number of aryl methyl sites for hydroxylation is 1. The van der Waals surface area contributed by atoms with Gasteiger partial charge in [-0.25, -0.2) is 4.99 Å². The lowest BCUT2D eigenvalue weighted by atomic mass is 10.0. The van der Waals surface area contributed by atoms with Crippen LogP contribution in [0.3, 0.4) is 0 Å². The molecule has 29 heavy (non-hydrogen) atoms. The summed E-state index contributed by atoms with van der Waals surface area (Å²) in [5.41, 5.74) is 0.190. The normalized spacial score (nSPS) is 13.7. The van der Waals surface area contributed by atoms with Crippen molar-refractivity contribution in [3.8, 4) is 0 Å². The highest BCUT2D eigenvalue weighted by Gasteiger charge is 2.26. The van der Waals surface area contributed by atoms with E-state index >= 15 is 0 Å². The summed E-state index contributed by atoms with van der Waals surface area (Å²) in [6.45, 7) is 9.35. The van der Waals surface area contributed by atoms with Gasteiger partial charge in [0.2, 0.25) is 0 Å². The number of rotatable bonds is 10. The zero-order chi connectivity index (χ0) is 20.4. The third-order valence-electron chi connectivity index (χ3n) is 4.46. The lowest BCUT2D eigenvalue weighted by molar-refractivity contribution is 0.0428. The fraction of sp³-hybridized carbons (Fsp3) is 0.500. The van der Waals surface area contributed by atoms with Crippen LogP contribution in [0.2, 0.25) is 0 Å². The summed E-state index contributed by atoms with van der Waals surface area (Å²) in [7, 11) is 2.13. The van der Waals surface area contributed by atoms with E-state index in [4.69, 9.17) is 4.42 Å². The Balaban J connectivity index is 0.00000420. The van der Waals surface area contributed by atoms with E-state index in [0.29, 0.717) is 11.7 Å². The number of nitrogens with zero attached hydrogens (tertiary/aromatic N) is 2. The predicted octanol–water partition coefficient (Wildman–Crippen LogP) is 3.49. The average molecular weight is 514 g/mol. The van der Waals surface area contributed by atoms with Crippen LogP contribution in [-0.2, 0) is 12.1 Å². The lowest BCUT2D eigenvalue weighted by Crippen LogP contribution is -2.40. The number of benzene rings is 1. The molecule has 1 unspecified atom stereocenters. The van der Waals surface area contributed by atoms with E-state index in [0.717, 1.165) is 38.4 Å². The summed E-state index contributed by atoms with van der Waals surface area (Å²) in [4.78, 5) is 6.84. The van der Waals surface area contributed by atoms with E-state index < -0.39 is 5.60 Å². The summed E-state index contributed by atoms with van der Waals surface area (Å²) in [6, 6.07) is 14.1. The molecule has 1 heterocycles. The minimum absolute atomic E-state index is 0. The molecule has 0 saturated carbocycles. The maximum absolute atomic E-state index is 10.6. The van der Waals surface area contributed by atoms with E-state index in [1.807, 2.05) is 26.0 Å². The maximum Gasteiger partial charge on any atom is 0.191 e. The number of nitrogens with one attached hydrogen (secondary N) is 2. The first kappa shape index (κ1) is 25.5. The van der Waals surface area contributed by atoms with Crippen LogP contribution in [0.25, 0.3) is 0 Å². The lowest BCUT2D eigenvalue weighted by Gasteiger charge is -2.20. The third-order valence-corrected chi connectivity index (χ3v) is 4.46. The molecule has 1 aromatic heterocycles. The maximum atomic E-state index is 10.6.